The van der Waals surface area contributed by atoms with Crippen molar-refractivity contribution in [1.29, 1.82) is 0 Å². The Morgan fingerprint density at radius 2 is 1.80 bits per heavy atom. The molecular formula is C17H27NO2. The van der Waals surface area contributed by atoms with Gasteiger partial charge in [0.1, 0.15) is 0 Å². The molecule has 0 bridgehead atoms. The zero-order valence-corrected chi connectivity index (χ0v) is 13.2. The average Bonchev–Trinajstić information content (AvgIpc) is 2.47. The molecule has 1 aliphatic heterocycles. The van der Waals surface area contributed by atoms with Crippen molar-refractivity contribution in [3.05, 3.63) is 23.3 Å². The van der Waals surface area contributed by atoms with Crippen LogP contribution >= 0.6 is 0 Å². The molecule has 1 N–H and O–H groups in total. The van der Waals surface area contributed by atoms with E-state index in [1.54, 1.807) is 0 Å². The van der Waals surface area contributed by atoms with Crippen molar-refractivity contribution in [3.63, 3.8) is 0 Å². The third-order valence-electron chi connectivity index (χ3n) is 4.11. The Kier molecular flexibility index (Phi) is 5.30. The van der Waals surface area contributed by atoms with E-state index < -0.39 is 0 Å². The fourth-order valence-electron chi connectivity index (χ4n) is 2.88. The van der Waals surface area contributed by atoms with Crippen LogP contribution in [0.3, 0.4) is 0 Å². The van der Waals surface area contributed by atoms with Gasteiger partial charge in [0.2, 0.25) is 0 Å². The summed E-state index contributed by atoms with van der Waals surface area (Å²) in [6.07, 6.45) is 2.24. The molecule has 0 spiro atoms. The van der Waals surface area contributed by atoms with Crippen LogP contribution in [0.2, 0.25) is 0 Å². The van der Waals surface area contributed by atoms with Gasteiger partial charge in [-0.25, -0.2) is 0 Å². The van der Waals surface area contributed by atoms with Gasteiger partial charge in [0.05, 0.1) is 13.2 Å². The van der Waals surface area contributed by atoms with Crippen LogP contribution in [0.4, 0.5) is 0 Å². The Morgan fingerprint density at radius 1 is 1.15 bits per heavy atom. The molecule has 1 aromatic carbocycles. The molecule has 0 saturated carbocycles. The van der Waals surface area contributed by atoms with E-state index in [1.807, 2.05) is 13.8 Å². The molecule has 1 aromatic rings. The summed E-state index contributed by atoms with van der Waals surface area (Å²) in [6, 6.07) is 4.80. The first-order valence-electron chi connectivity index (χ1n) is 7.87. The SMILES string of the molecule is CCOc1cc2c(cc1OCC)[C@@H]([C@H](C)CC)NCC2. The molecule has 0 unspecified atom stereocenters. The average molecular weight is 277 g/mol. The maximum absolute atomic E-state index is 5.76. The second-order valence-corrected chi connectivity index (χ2v) is 5.43. The summed E-state index contributed by atoms with van der Waals surface area (Å²) in [4.78, 5) is 0. The van der Waals surface area contributed by atoms with E-state index in [4.69, 9.17) is 9.47 Å². The molecule has 2 rings (SSSR count). The summed E-state index contributed by atoms with van der Waals surface area (Å²) in [7, 11) is 0. The minimum Gasteiger partial charge on any atom is -0.490 e. The molecule has 0 aliphatic carbocycles. The van der Waals surface area contributed by atoms with Gasteiger partial charge in [0.25, 0.3) is 0 Å². The van der Waals surface area contributed by atoms with E-state index in [0.29, 0.717) is 25.2 Å². The number of rotatable bonds is 6. The second-order valence-electron chi connectivity index (χ2n) is 5.43. The Bertz CT molecular complexity index is 445. The second kappa shape index (κ2) is 6.98. The van der Waals surface area contributed by atoms with Crippen LogP contribution in [0.1, 0.15) is 51.3 Å². The summed E-state index contributed by atoms with van der Waals surface area (Å²) in [5.74, 6) is 2.39. The Morgan fingerprint density at radius 3 is 2.40 bits per heavy atom. The monoisotopic (exact) mass is 277 g/mol. The Hall–Kier alpha value is -1.22. The van der Waals surface area contributed by atoms with Crippen LogP contribution in [0, 0.1) is 5.92 Å². The lowest BCUT2D eigenvalue weighted by Crippen LogP contribution is -2.33. The number of hydrogen-bond donors (Lipinski definition) is 1. The zero-order chi connectivity index (χ0) is 14.5. The normalized spacial score (nSPS) is 19.3. The third kappa shape index (κ3) is 3.09. The van der Waals surface area contributed by atoms with Gasteiger partial charge in [0.15, 0.2) is 11.5 Å². The molecule has 0 aromatic heterocycles. The van der Waals surface area contributed by atoms with E-state index in [2.05, 4.69) is 31.3 Å². The van der Waals surface area contributed by atoms with Crippen LogP contribution in [0.5, 0.6) is 11.5 Å². The van der Waals surface area contributed by atoms with E-state index in [-0.39, 0.29) is 0 Å². The van der Waals surface area contributed by atoms with Crippen molar-refractivity contribution in [2.45, 2.75) is 46.6 Å². The first kappa shape index (κ1) is 15.2. The molecule has 0 radical (unpaired) electrons. The fourth-order valence-corrected chi connectivity index (χ4v) is 2.88. The van der Waals surface area contributed by atoms with Crippen molar-refractivity contribution in [3.8, 4) is 11.5 Å². The first-order chi connectivity index (χ1) is 9.71. The molecule has 0 amide bonds. The van der Waals surface area contributed by atoms with E-state index in [1.165, 1.54) is 17.5 Å². The Labute approximate surface area is 122 Å². The third-order valence-corrected chi connectivity index (χ3v) is 4.11. The molecule has 0 fully saturated rings. The fraction of sp³-hybridized carbons (Fsp3) is 0.647. The molecule has 3 nitrogen and oxygen atoms in total. The highest BCUT2D eigenvalue weighted by molar-refractivity contribution is 5.49. The van der Waals surface area contributed by atoms with E-state index in [9.17, 15) is 0 Å². The van der Waals surface area contributed by atoms with Crippen LogP contribution in [-0.4, -0.2) is 19.8 Å². The van der Waals surface area contributed by atoms with Crippen LogP contribution in [0.15, 0.2) is 12.1 Å². The first-order valence-corrected chi connectivity index (χ1v) is 7.87. The molecule has 1 heterocycles. The quantitative estimate of drug-likeness (QED) is 0.859. The summed E-state index contributed by atoms with van der Waals surface area (Å²) in [6.45, 7) is 11.0. The van der Waals surface area contributed by atoms with Crippen molar-refractivity contribution in [2.24, 2.45) is 5.92 Å². The van der Waals surface area contributed by atoms with E-state index in [0.717, 1.165) is 24.5 Å². The van der Waals surface area contributed by atoms with Gasteiger partial charge in [-0.3, -0.25) is 0 Å². The van der Waals surface area contributed by atoms with Gasteiger partial charge >= 0.3 is 0 Å². The van der Waals surface area contributed by atoms with E-state index >= 15 is 0 Å². The summed E-state index contributed by atoms with van der Waals surface area (Å²) in [5, 5.41) is 3.65. The molecule has 1 aliphatic rings. The van der Waals surface area contributed by atoms with Crippen LogP contribution in [0.25, 0.3) is 0 Å². The zero-order valence-electron chi connectivity index (χ0n) is 13.2. The number of fused-ring (bicyclic) bond motifs is 1. The minimum atomic E-state index is 0.429. The van der Waals surface area contributed by atoms with Crippen molar-refractivity contribution in [2.75, 3.05) is 19.8 Å². The lowest BCUT2D eigenvalue weighted by Gasteiger charge is -2.32. The number of benzene rings is 1. The lowest BCUT2D eigenvalue weighted by atomic mass is 9.85. The summed E-state index contributed by atoms with van der Waals surface area (Å²) >= 11 is 0. The summed E-state index contributed by atoms with van der Waals surface area (Å²) in [5.41, 5.74) is 2.79. The lowest BCUT2D eigenvalue weighted by molar-refractivity contribution is 0.284. The molecule has 112 valence electrons. The van der Waals surface area contributed by atoms with Crippen molar-refractivity contribution < 1.29 is 9.47 Å². The van der Waals surface area contributed by atoms with Gasteiger partial charge in [-0.15, -0.1) is 0 Å². The number of nitrogens with one attached hydrogen (secondary N) is 1. The molecule has 3 heteroatoms. The molecule has 2 atom stereocenters. The highest BCUT2D eigenvalue weighted by Crippen LogP contribution is 2.38. The van der Waals surface area contributed by atoms with Crippen molar-refractivity contribution >= 4 is 0 Å². The van der Waals surface area contributed by atoms with Gasteiger partial charge in [-0.05, 0) is 56.0 Å². The highest BCUT2D eigenvalue weighted by Gasteiger charge is 2.26. The number of hydrogen-bond acceptors (Lipinski definition) is 3. The van der Waals surface area contributed by atoms with Gasteiger partial charge in [-0.1, -0.05) is 20.3 Å². The standard InChI is InChI=1S/C17H27NO2/c1-5-12(4)17-14-11-16(20-7-3)15(19-6-2)10-13(14)8-9-18-17/h10-12,17-18H,5-9H2,1-4H3/t12-,17-/m1/s1. The maximum atomic E-state index is 5.76. The largest absolute Gasteiger partial charge is 0.490 e. The van der Waals surface area contributed by atoms with Gasteiger partial charge < -0.3 is 14.8 Å². The predicted molar refractivity (Wildman–Crippen MR) is 82.7 cm³/mol. The topological polar surface area (TPSA) is 30.5 Å². The highest BCUT2D eigenvalue weighted by atomic mass is 16.5. The molecular weight excluding hydrogens is 250 g/mol. The smallest absolute Gasteiger partial charge is 0.161 e. The van der Waals surface area contributed by atoms with Gasteiger partial charge in [-0.2, -0.15) is 0 Å². The summed E-state index contributed by atoms with van der Waals surface area (Å²) < 4.78 is 11.5. The minimum absolute atomic E-state index is 0.429. The molecule has 20 heavy (non-hydrogen) atoms. The van der Waals surface area contributed by atoms with Crippen LogP contribution in [-0.2, 0) is 6.42 Å². The van der Waals surface area contributed by atoms with Gasteiger partial charge in [0, 0.05) is 6.04 Å². The Balaban J connectivity index is 2.40. The predicted octanol–water partition coefficient (Wildman–Crippen LogP) is 3.72. The molecule has 0 saturated heterocycles. The van der Waals surface area contributed by atoms with Crippen molar-refractivity contribution in [1.82, 2.24) is 5.32 Å². The van der Waals surface area contributed by atoms with Crippen LogP contribution < -0.4 is 14.8 Å². The number of ether oxygens (including phenoxy) is 2. The maximum Gasteiger partial charge on any atom is 0.161 e.